The van der Waals surface area contributed by atoms with Crippen molar-refractivity contribution in [3.63, 3.8) is 0 Å². The summed E-state index contributed by atoms with van der Waals surface area (Å²) in [5.74, 6) is -1.53. The lowest BCUT2D eigenvalue weighted by atomic mass is 10.2. The number of amides is 1. The molecule has 0 unspecified atom stereocenters. The molecule has 1 amide bonds. The average molecular weight is 260 g/mol. The lowest BCUT2D eigenvalue weighted by Gasteiger charge is -2.07. The molecule has 1 heterocycles. The molecular weight excluding hydrogens is 248 g/mol. The average Bonchev–Trinajstić information content (AvgIpc) is 2.39. The summed E-state index contributed by atoms with van der Waals surface area (Å²) in [5, 5.41) is 11.9. The van der Waals surface area contributed by atoms with Gasteiger partial charge >= 0.3 is 5.97 Å². The topological polar surface area (TPSA) is 88.5 Å². The minimum atomic E-state index is -1.11. The summed E-state index contributed by atoms with van der Waals surface area (Å²) >= 11 is 0. The number of carbonyl (C=O) groups excluding carboxylic acids is 1. The third-order valence-corrected chi connectivity index (χ3v) is 2.37. The maximum atomic E-state index is 11.6. The summed E-state index contributed by atoms with van der Waals surface area (Å²) in [6.07, 6.45) is 1.64. The first kappa shape index (κ1) is 13.0. The summed E-state index contributed by atoms with van der Waals surface area (Å²) in [4.78, 5) is 26.0. The summed E-state index contributed by atoms with van der Waals surface area (Å²) < 4.78 is 4.71. The van der Waals surface area contributed by atoms with Crippen LogP contribution < -0.4 is 5.32 Å². The fraction of sp³-hybridized carbons (Fsp3) is 0.154. The molecule has 0 aliphatic rings. The van der Waals surface area contributed by atoms with Crippen LogP contribution in [-0.2, 0) is 14.3 Å². The quantitative estimate of drug-likeness (QED) is 0.845. The van der Waals surface area contributed by atoms with E-state index in [0.717, 1.165) is 5.39 Å². The number of rotatable bonds is 5. The number of carbonyl (C=O) groups is 2. The zero-order valence-corrected chi connectivity index (χ0v) is 10.00. The Bertz CT molecular complexity index is 607. The van der Waals surface area contributed by atoms with Crippen LogP contribution >= 0.6 is 0 Å². The first-order chi connectivity index (χ1) is 9.16. The number of pyridine rings is 1. The SMILES string of the molecule is O=C(O)COCC(=O)Nc1cccc2cccnc12. The molecule has 0 fully saturated rings. The molecule has 2 rings (SSSR count). The second kappa shape index (κ2) is 5.92. The van der Waals surface area contributed by atoms with E-state index in [1.807, 2.05) is 18.2 Å². The van der Waals surface area contributed by atoms with Crippen LogP contribution in [0.3, 0.4) is 0 Å². The van der Waals surface area contributed by atoms with Gasteiger partial charge in [0.05, 0.1) is 11.2 Å². The highest BCUT2D eigenvalue weighted by atomic mass is 16.5. The number of aliphatic carboxylic acids is 1. The van der Waals surface area contributed by atoms with Gasteiger partial charge in [-0.15, -0.1) is 0 Å². The molecule has 0 aliphatic heterocycles. The van der Waals surface area contributed by atoms with E-state index in [0.29, 0.717) is 11.2 Å². The van der Waals surface area contributed by atoms with Crippen molar-refractivity contribution in [2.45, 2.75) is 0 Å². The van der Waals surface area contributed by atoms with E-state index in [9.17, 15) is 9.59 Å². The van der Waals surface area contributed by atoms with Crippen LogP contribution in [0.5, 0.6) is 0 Å². The predicted molar refractivity (Wildman–Crippen MR) is 68.8 cm³/mol. The monoisotopic (exact) mass is 260 g/mol. The van der Waals surface area contributed by atoms with Gasteiger partial charge in [-0.05, 0) is 12.1 Å². The zero-order chi connectivity index (χ0) is 13.7. The Hall–Kier alpha value is -2.47. The van der Waals surface area contributed by atoms with Crippen molar-refractivity contribution >= 4 is 28.5 Å². The number of hydrogen-bond acceptors (Lipinski definition) is 4. The molecule has 0 spiro atoms. The fourth-order valence-electron chi connectivity index (χ4n) is 1.62. The van der Waals surface area contributed by atoms with E-state index in [1.54, 1.807) is 18.3 Å². The van der Waals surface area contributed by atoms with Gasteiger partial charge in [0.2, 0.25) is 5.91 Å². The lowest BCUT2D eigenvalue weighted by Crippen LogP contribution is -2.20. The number of nitrogens with one attached hydrogen (secondary N) is 1. The largest absolute Gasteiger partial charge is 0.480 e. The van der Waals surface area contributed by atoms with Crippen LogP contribution in [0.25, 0.3) is 10.9 Å². The highest BCUT2D eigenvalue weighted by molar-refractivity contribution is 6.00. The van der Waals surface area contributed by atoms with Gasteiger partial charge in [-0.25, -0.2) is 4.79 Å². The van der Waals surface area contributed by atoms with Crippen molar-refractivity contribution in [1.29, 1.82) is 0 Å². The number of fused-ring (bicyclic) bond motifs is 1. The molecule has 2 aromatic rings. The maximum Gasteiger partial charge on any atom is 0.329 e. The number of carboxylic acids is 1. The van der Waals surface area contributed by atoms with Gasteiger partial charge in [0.25, 0.3) is 0 Å². The van der Waals surface area contributed by atoms with Crippen molar-refractivity contribution in [1.82, 2.24) is 4.98 Å². The van der Waals surface area contributed by atoms with Crippen LogP contribution in [0.1, 0.15) is 0 Å². The molecule has 6 heteroatoms. The molecule has 1 aromatic heterocycles. The standard InChI is InChI=1S/C13H12N2O4/c16-11(7-19-8-12(17)18)15-10-5-1-3-9-4-2-6-14-13(9)10/h1-6H,7-8H2,(H,15,16)(H,17,18). The molecule has 0 atom stereocenters. The number of ether oxygens (including phenoxy) is 1. The Kier molecular flexibility index (Phi) is 4.04. The van der Waals surface area contributed by atoms with Gasteiger partial charge in [-0.1, -0.05) is 18.2 Å². The summed E-state index contributed by atoms with van der Waals surface area (Å²) in [6.45, 7) is -0.809. The van der Waals surface area contributed by atoms with Crippen molar-refractivity contribution in [3.8, 4) is 0 Å². The number of carboxylic acid groups (broad SMARTS) is 1. The van der Waals surface area contributed by atoms with Gasteiger partial charge in [-0.2, -0.15) is 0 Å². The zero-order valence-electron chi connectivity index (χ0n) is 10.00. The third-order valence-electron chi connectivity index (χ3n) is 2.37. The maximum absolute atomic E-state index is 11.6. The van der Waals surface area contributed by atoms with Crippen molar-refractivity contribution in [2.75, 3.05) is 18.5 Å². The third kappa shape index (κ3) is 3.49. The van der Waals surface area contributed by atoms with Crippen molar-refractivity contribution in [3.05, 3.63) is 36.5 Å². The predicted octanol–water partition coefficient (Wildman–Crippen LogP) is 1.27. The van der Waals surface area contributed by atoms with Crippen molar-refractivity contribution in [2.24, 2.45) is 0 Å². The van der Waals surface area contributed by atoms with Crippen molar-refractivity contribution < 1.29 is 19.4 Å². The molecule has 0 radical (unpaired) electrons. The fourth-order valence-corrected chi connectivity index (χ4v) is 1.62. The number of hydrogen-bond donors (Lipinski definition) is 2. The van der Waals surface area contributed by atoms with E-state index >= 15 is 0 Å². The highest BCUT2D eigenvalue weighted by Crippen LogP contribution is 2.20. The molecule has 2 N–H and O–H groups in total. The Balaban J connectivity index is 2.05. The molecule has 0 saturated heterocycles. The van der Waals surface area contributed by atoms with E-state index < -0.39 is 18.5 Å². The van der Waals surface area contributed by atoms with Gasteiger partial charge in [-0.3, -0.25) is 9.78 Å². The first-order valence-corrected chi connectivity index (χ1v) is 5.60. The molecule has 0 aliphatic carbocycles. The summed E-state index contributed by atoms with van der Waals surface area (Å²) in [6, 6.07) is 9.11. The molecular formula is C13H12N2O4. The van der Waals surface area contributed by atoms with Gasteiger partial charge in [0, 0.05) is 11.6 Å². The molecule has 98 valence electrons. The van der Waals surface area contributed by atoms with Crippen LogP contribution in [-0.4, -0.2) is 35.2 Å². The van der Waals surface area contributed by atoms with E-state index in [1.165, 1.54) is 0 Å². The number of nitrogens with zero attached hydrogens (tertiary/aromatic N) is 1. The van der Waals surface area contributed by atoms with E-state index in [4.69, 9.17) is 9.84 Å². The molecule has 0 bridgehead atoms. The number of anilines is 1. The number of aromatic nitrogens is 1. The number of benzene rings is 1. The molecule has 6 nitrogen and oxygen atoms in total. The van der Waals surface area contributed by atoms with Gasteiger partial charge in [0.15, 0.2) is 0 Å². The smallest absolute Gasteiger partial charge is 0.329 e. The Morgan fingerprint density at radius 2 is 2.00 bits per heavy atom. The lowest BCUT2D eigenvalue weighted by molar-refractivity contribution is -0.143. The summed E-state index contributed by atoms with van der Waals surface area (Å²) in [5.41, 5.74) is 1.25. The van der Waals surface area contributed by atoms with E-state index in [2.05, 4.69) is 10.3 Å². The molecule has 0 saturated carbocycles. The normalized spacial score (nSPS) is 10.3. The van der Waals surface area contributed by atoms with E-state index in [-0.39, 0.29) is 6.61 Å². The van der Waals surface area contributed by atoms with Crippen LogP contribution in [0.4, 0.5) is 5.69 Å². The highest BCUT2D eigenvalue weighted by Gasteiger charge is 2.07. The van der Waals surface area contributed by atoms with Crippen LogP contribution in [0, 0.1) is 0 Å². The first-order valence-electron chi connectivity index (χ1n) is 5.60. The summed E-state index contributed by atoms with van der Waals surface area (Å²) in [7, 11) is 0. The second-order valence-electron chi connectivity index (χ2n) is 3.82. The second-order valence-corrected chi connectivity index (χ2v) is 3.82. The minimum Gasteiger partial charge on any atom is -0.480 e. The van der Waals surface area contributed by atoms with Crippen LogP contribution in [0.15, 0.2) is 36.5 Å². The Morgan fingerprint density at radius 3 is 2.79 bits per heavy atom. The molecule has 19 heavy (non-hydrogen) atoms. The molecule has 1 aromatic carbocycles. The minimum absolute atomic E-state index is 0.310. The van der Waals surface area contributed by atoms with Crippen LogP contribution in [0.2, 0.25) is 0 Å². The number of para-hydroxylation sites is 1. The van der Waals surface area contributed by atoms with Gasteiger partial charge < -0.3 is 15.2 Å². The van der Waals surface area contributed by atoms with Gasteiger partial charge in [0.1, 0.15) is 13.2 Å². The Labute approximate surface area is 109 Å². The Morgan fingerprint density at radius 1 is 1.21 bits per heavy atom.